The molecule has 0 aliphatic carbocycles. The van der Waals surface area contributed by atoms with Crippen molar-refractivity contribution in [2.45, 2.75) is 105 Å². The molecule has 0 aromatic heterocycles. The molecule has 2 fully saturated rings. The maximum Gasteiger partial charge on any atom is 0.492 e. The normalized spacial score (nSPS) is 22.6. The minimum Gasteiger partial charge on any atom is -0.412 e. The van der Waals surface area contributed by atoms with Gasteiger partial charge in [-0.3, -0.25) is 0 Å². The van der Waals surface area contributed by atoms with Gasteiger partial charge in [0.05, 0.1) is 78.8 Å². The van der Waals surface area contributed by atoms with Crippen molar-refractivity contribution in [1.82, 2.24) is 0 Å². The summed E-state index contributed by atoms with van der Waals surface area (Å²) in [5.41, 5.74) is 0. The largest absolute Gasteiger partial charge is 0.492 e. The van der Waals surface area contributed by atoms with Gasteiger partial charge in [-0.05, 0) is 57.3 Å². The van der Waals surface area contributed by atoms with Crippen LogP contribution in [0, 0.1) is 0 Å². The first kappa shape index (κ1) is 103. The Morgan fingerprint density at radius 1 is 0.481 bits per heavy atom. The Morgan fingerprint density at radius 2 is 0.840 bits per heavy atom. The fourth-order valence-electron chi connectivity index (χ4n) is 5.42. The molecule has 27 nitrogen and oxygen atoms in total. The fraction of sp³-hybridized carbons (Fsp3) is 1.00. The van der Waals surface area contributed by atoms with E-state index in [2.05, 4.69) is 0 Å². The predicted octanol–water partition coefficient (Wildman–Crippen LogP) is -5.08. The molecule has 12 atom stereocenters. The second kappa shape index (κ2) is 72.7. The van der Waals surface area contributed by atoms with E-state index in [9.17, 15) is 30.6 Å². The summed E-state index contributed by atoms with van der Waals surface area (Å²) < 4.78 is 43.9. The number of hydrogen-bond donors (Lipinski definition) is 18. The topological polar surface area (TPSA) is 469 Å². The molecule has 0 bridgehead atoms. The molecule has 20 N–H and O–H groups in total. The molecule has 492 valence electrons. The number of methoxy groups -OCH3 is 1. The van der Waals surface area contributed by atoms with E-state index in [1.54, 1.807) is 70.6 Å². The van der Waals surface area contributed by atoms with E-state index >= 15 is 0 Å². The van der Waals surface area contributed by atoms with Crippen molar-refractivity contribution in [2.24, 2.45) is 0 Å². The van der Waals surface area contributed by atoms with Crippen LogP contribution in [-0.2, 0) is 103 Å². The SMILES string of the molecule is COCC1OC(OCC2OC(C)C(O)C(O)C2OCC(O)COCCC[Si](O)(O)O)C(O)C(O)C1OCC(O)OCCC[Si](O)(O)O.CSCCO.CSCCO.CSCCO.CSCCO.CSCCO.CSCCO.O.[Ti].[Ti].[Ti]. The minimum atomic E-state index is -4.23. The Hall–Kier alpha value is 3.60. The van der Waals surface area contributed by atoms with Crippen molar-refractivity contribution in [2.75, 3.05) is 165 Å². The van der Waals surface area contributed by atoms with Gasteiger partial charge in [0.1, 0.15) is 54.9 Å². The molecule has 38 heteroatoms. The van der Waals surface area contributed by atoms with Crippen molar-refractivity contribution in [3.63, 3.8) is 0 Å². The first-order chi connectivity index (χ1) is 36.4. The Morgan fingerprint density at radius 3 is 1.19 bits per heavy atom. The van der Waals surface area contributed by atoms with Gasteiger partial charge in [0, 0.05) is 132 Å². The second-order valence-corrected chi connectivity index (χ2v) is 25.9. The smallest absolute Gasteiger partial charge is 0.412 e. The van der Waals surface area contributed by atoms with Gasteiger partial charge in [-0.1, -0.05) is 0 Å². The third kappa shape index (κ3) is 67.8. The summed E-state index contributed by atoms with van der Waals surface area (Å²) in [6.07, 6.45) is -3.54. The van der Waals surface area contributed by atoms with Crippen molar-refractivity contribution < 1.29 is 199 Å². The molecule has 0 aromatic rings. The summed E-state index contributed by atoms with van der Waals surface area (Å²) in [6.45, 7) is 1.71. The number of ether oxygens (including phenoxy) is 8. The van der Waals surface area contributed by atoms with E-state index in [-0.39, 0.29) is 135 Å². The molecule has 0 aromatic carbocycles. The van der Waals surface area contributed by atoms with Crippen LogP contribution < -0.4 is 0 Å². The maximum absolute atomic E-state index is 10.8. The van der Waals surface area contributed by atoms with E-state index in [1.807, 2.05) is 37.5 Å². The summed E-state index contributed by atoms with van der Waals surface area (Å²) in [5.74, 6) is 5.17. The molecule has 0 radical (unpaired) electrons. The molecule has 0 amide bonds. The first-order valence-electron chi connectivity index (χ1n) is 24.3. The van der Waals surface area contributed by atoms with E-state index in [1.165, 1.54) is 14.0 Å². The number of aliphatic hydroxyl groups excluding tert-OH is 12. The molecule has 2 aliphatic heterocycles. The summed E-state index contributed by atoms with van der Waals surface area (Å²) in [6, 6.07) is -0.522. The summed E-state index contributed by atoms with van der Waals surface area (Å²) in [4.78, 5) is 54.1. The quantitative estimate of drug-likeness (QED) is 0.0163. The van der Waals surface area contributed by atoms with Gasteiger partial charge in [-0.15, -0.1) is 0 Å². The van der Waals surface area contributed by atoms with Crippen molar-refractivity contribution >= 4 is 88.2 Å². The molecule has 2 saturated heterocycles. The van der Waals surface area contributed by atoms with E-state index < -0.39 is 97.8 Å². The van der Waals surface area contributed by atoms with E-state index in [4.69, 9.17) is 97.3 Å². The zero-order valence-corrected chi connectivity index (χ0v) is 59.5. The monoisotopic (exact) mass is 1440 g/mol. The van der Waals surface area contributed by atoms with E-state index in [0.29, 0.717) is 39.6 Å². The van der Waals surface area contributed by atoms with Crippen LogP contribution in [0.5, 0.6) is 0 Å². The predicted molar refractivity (Wildman–Crippen MR) is 313 cm³/mol. The number of rotatable bonds is 34. The molecular formula is C43H102O27S6Si2Ti3. The molecule has 0 saturated carbocycles. The Balaban J connectivity index is -0.000000178. The molecule has 2 aliphatic rings. The zero-order chi connectivity index (χ0) is 60.1. The first-order valence-corrected chi connectivity index (χ1v) is 36.7. The van der Waals surface area contributed by atoms with E-state index in [0.717, 1.165) is 34.5 Å². The van der Waals surface area contributed by atoms with Crippen molar-refractivity contribution in [3.05, 3.63) is 0 Å². The zero-order valence-electron chi connectivity index (χ0n) is 48.0. The number of hydrogen-bond acceptors (Lipinski definition) is 32. The standard InChI is InChI=1S/C25H52O20Si2.6C3H8OS.H2O.3Ti/c1-14-19(28)20(29)24(41-10-15(26)9-39-5-3-7-46(32,33)34)17(44-14)12-43-25-22(31)21(30)23(16(45-25)11-38-2)42-13-18(27)40-6-4-8-47(35,36)37;6*1-5-3-2-4;;;;/h14-37H,3-13H2,1-2H3;6*4H,2-3H2,1H3;1H2;;;. The van der Waals surface area contributed by atoms with Crippen molar-refractivity contribution in [3.8, 4) is 0 Å². The Kier molecular flexibility index (Phi) is 92.8. The van der Waals surface area contributed by atoms with Crippen LogP contribution >= 0.6 is 70.6 Å². The fourth-order valence-corrected chi connectivity index (χ4v) is 7.75. The van der Waals surface area contributed by atoms with Crippen LogP contribution in [-0.4, -0.2) is 352 Å². The minimum absolute atomic E-state index is 0. The molecule has 81 heavy (non-hydrogen) atoms. The number of aliphatic hydroxyl groups is 12. The molecule has 2 rings (SSSR count). The molecular weight excluding hydrogens is 1340 g/mol. The van der Waals surface area contributed by atoms with Crippen LogP contribution in [0.3, 0.4) is 0 Å². The third-order valence-corrected chi connectivity index (χ3v) is 14.7. The van der Waals surface area contributed by atoms with Gasteiger partial charge in [0.15, 0.2) is 12.6 Å². The van der Waals surface area contributed by atoms with Crippen LogP contribution in [0.25, 0.3) is 0 Å². The summed E-state index contributed by atoms with van der Waals surface area (Å²) >= 11 is 9.91. The van der Waals surface area contributed by atoms with Gasteiger partial charge in [-0.25, -0.2) is 0 Å². The molecule has 0 spiro atoms. The summed E-state index contributed by atoms with van der Waals surface area (Å²) in [5, 5.41) is 111. The second-order valence-electron chi connectivity index (χ2n) is 15.9. The van der Waals surface area contributed by atoms with Gasteiger partial charge >= 0.3 is 17.6 Å². The molecule has 2 heterocycles. The Bertz CT molecular complexity index is 1140. The average Bonchev–Trinajstić information content (AvgIpc) is 3.37. The Labute approximate surface area is 552 Å². The van der Waals surface area contributed by atoms with Gasteiger partial charge in [0.25, 0.3) is 0 Å². The van der Waals surface area contributed by atoms with Crippen LogP contribution in [0.15, 0.2) is 0 Å². The molecule has 12 unspecified atom stereocenters. The van der Waals surface area contributed by atoms with Gasteiger partial charge in [-0.2, -0.15) is 70.6 Å². The van der Waals surface area contributed by atoms with Gasteiger partial charge in [0.2, 0.25) is 0 Å². The summed E-state index contributed by atoms with van der Waals surface area (Å²) in [7, 11) is -7.06. The van der Waals surface area contributed by atoms with Crippen molar-refractivity contribution in [1.29, 1.82) is 0 Å². The van der Waals surface area contributed by atoms with Crippen LogP contribution in [0.2, 0.25) is 12.1 Å². The average molecular weight is 1440 g/mol. The third-order valence-electron chi connectivity index (χ3n) is 9.08. The maximum atomic E-state index is 10.8. The van der Waals surface area contributed by atoms with Gasteiger partial charge < -0.3 is 133 Å². The number of thioether (sulfide) groups is 6. The van der Waals surface area contributed by atoms with Crippen LogP contribution in [0.4, 0.5) is 0 Å². The van der Waals surface area contributed by atoms with Crippen LogP contribution in [0.1, 0.15) is 19.8 Å².